The van der Waals surface area contributed by atoms with Crippen LogP contribution in [-0.4, -0.2) is 72.1 Å². The smallest absolute Gasteiger partial charge is 0.295 e. The summed E-state index contributed by atoms with van der Waals surface area (Å²) in [5.41, 5.74) is 2.24. The number of hydrogen-bond donors (Lipinski definition) is 1. The van der Waals surface area contributed by atoms with Gasteiger partial charge in [0, 0.05) is 18.5 Å². The topological polar surface area (TPSA) is 88.5 Å². The van der Waals surface area contributed by atoms with Gasteiger partial charge in [-0.3, -0.25) is 9.59 Å². The van der Waals surface area contributed by atoms with Crippen molar-refractivity contribution < 1.29 is 28.9 Å². The summed E-state index contributed by atoms with van der Waals surface area (Å²) >= 11 is 0. The van der Waals surface area contributed by atoms with E-state index >= 15 is 0 Å². The van der Waals surface area contributed by atoms with Gasteiger partial charge in [-0.1, -0.05) is 26.8 Å². The van der Waals surface area contributed by atoms with E-state index in [2.05, 4.69) is 18.7 Å². The van der Waals surface area contributed by atoms with Gasteiger partial charge in [-0.2, -0.15) is 0 Å². The maximum absolute atomic E-state index is 13.5. The second-order valence-corrected chi connectivity index (χ2v) is 10.3. The summed E-state index contributed by atoms with van der Waals surface area (Å²) in [6.45, 7) is 14.1. The Kier molecular flexibility index (Phi) is 9.74. The summed E-state index contributed by atoms with van der Waals surface area (Å²) in [6, 6.07) is 10.2. The van der Waals surface area contributed by atoms with Crippen LogP contribution < -0.4 is 14.2 Å². The lowest BCUT2D eigenvalue weighted by molar-refractivity contribution is -0.140. The molecular weight excluding hydrogens is 508 g/mol. The number of ketones is 1. The Hall–Kier alpha value is -3.52. The van der Waals surface area contributed by atoms with Crippen molar-refractivity contribution in [1.29, 1.82) is 0 Å². The van der Waals surface area contributed by atoms with Crippen LogP contribution in [0.25, 0.3) is 5.76 Å². The maximum Gasteiger partial charge on any atom is 0.295 e. The quantitative estimate of drug-likeness (QED) is 0.204. The number of carbonyl (C=O) groups excluding carboxylic acids is 2. The van der Waals surface area contributed by atoms with Gasteiger partial charge in [0.15, 0.2) is 11.5 Å². The normalized spacial score (nSPS) is 19.7. The summed E-state index contributed by atoms with van der Waals surface area (Å²) in [6.07, 6.45) is 2.32. The van der Waals surface area contributed by atoms with Crippen LogP contribution in [0.3, 0.4) is 0 Å². The lowest BCUT2D eigenvalue weighted by Gasteiger charge is -2.27. The number of carbonyl (C=O) groups is 2. The molecule has 4 rings (SSSR count). The van der Waals surface area contributed by atoms with Crippen molar-refractivity contribution in [2.45, 2.75) is 66.0 Å². The third kappa shape index (κ3) is 6.12. The molecule has 2 aliphatic rings. The molecule has 2 aromatic carbocycles. The predicted molar refractivity (Wildman–Crippen MR) is 155 cm³/mol. The number of rotatable bonds is 13. The number of fused-ring (bicyclic) bond motifs is 1. The van der Waals surface area contributed by atoms with Gasteiger partial charge in [-0.05, 0) is 87.8 Å². The fourth-order valence-electron chi connectivity index (χ4n) is 5.48. The van der Waals surface area contributed by atoms with Crippen molar-refractivity contribution in [2.75, 3.05) is 39.4 Å². The fraction of sp³-hybridized carbons (Fsp3) is 0.500. The molecule has 1 amide bonds. The molecule has 0 unspecified atom stereocenters. The zero-order chi connectivity index (χ0) is 28.8. The first-order valence-corrected chi connectivity index (χ1v) is 14.5. The standard InChI is InChI=1S/C32H42N2O6/c1-6-17-39-26-14-11-22(20-27(26)38-9-4)29-28(30(35)23-12-13-25-24(19-23)18-21(5)40-25)31(36)32(37)34(29)16-10-15-33(7-2)8-3/h11-14,19-21,29,35H,6-10,15-18H2,1-5H3/b30-28+/t21-,29+/m0/s1. The van der Waals surface area contributed by atoms with Crippen molar-refractivity contribution in [3.8, 4) is 17.2 Å². The van der Waals surface area contributed by atoms with Crippen molar-refractivity contribution in [1.82, 2.24) is 9.80 Å². The monoisotopic (exact) mass is 550 g/mol. The molecule has 8 nitrogen and oxygen atoms in total. The van der Waals surface area contributed by atoms with E-state index in [0.717, 1.165) is 43.8 Å². The molecule has 2 heterocycles. The number of Topliss-reactive ketones (excluding diaryl/α,β-unsaturated/α-hetero) is 1. The number of hydrogen-bond acceptors (Lipinski definition) is 7. The maximum atomic E-state index is 13.5. The summed E-state index contributed by atoms with van der Waals surface area (Å²) < 4.78 is 17.6. The molecule has 1 N–H and O–H groups in total. The highest BCUT2D eigenvalue weighted by molar-refractivity contribution is 6.46. The third-order valence-electron chi connectivity index (χ3n) is 7.52. The van der Waals surface area contributed by atoms with Gasteiger partial charge in [0.1, 0.15) is 17.6 Å². The number of benzene rings is 2. The number of nitrogens with zero attached hydrogens (tertiary/aromatic N) is 2. The molecule has 0 radical (unpaired) electrons. The molecule has 2 atom stereocenters. The number of aliphatic hydroxyl groups is 1. The average Bonchev–Trinajstić information content (AvgIpc) is 3.45. The molecule has 0 spiro atoms. The van der Waals surface area contributed by atoms with Crippen molar-refractivity contribution in [3.05, 3.63) is 58.7 Å². The number of likely N-dealkylation sites (tertiary alicyclic amines) is 1. The Bertz CT molecular complexity index is 1250. The molecule has 0 bridgehead atoms. The Morgan fingerprint density at radius 1 is 1.05 bits per heavy atom. The number of amides is 1. The van der Waals surface area contributed by atoms with Crippen molar-refractivity contribution in [3.63, 3.8) is 0 Å². The van der Waals surface area contributed by atoms with Crippen molar-refractivity contribution >= 4 is 17.4 Å². The van der Waals surface area contributed by atoms with Crippen LogP contribution in [0.1, 0.15) is 70.2 Å². The summed E-state index contributed by atoms with van der Waals surface area (Å²) in [5, 5.41) is 11.6. The minimum absolute atomic E-state index is 0.0502. The van der Waals surface area contributed by atoms with E-state index in [9.17, 15) is 14.7 Å². The Morgan fingerprint density at radius 2 is 1.82 bits per heavy atom. The molecule has 1 fully saturated rings. The molecule has 2 aliphatic heterocycles. The first-order chi connectivity index (χ1) is 19.3. The predicted octanol–water partition coefficient (Wildman–Crippen LogP) is 5.35. The highest BCUT2D eigenvalue weighted by Crippen LogP contribution is 2.43. The van der Waals surface area contributed by atoms with Gasteiger partial charge >= 0.3 is 0 Å². The van der Waals surface area contributed by atoms with Crippen LogP contribution in [0, 0.1) is 0 Å². The van der Waals surface area contributed by atoms with Gasteiger partial charge < -0.3 is 29.1 Å². The zero-order valence-corrected chi connectivity index (χ0v) is 24.4. The second-order valence-electron chi connectivity index (χ2n) is 10.3. The Balaban J connectivity index is 1.78. The van der Waals surface area contributed by atoms with Crippen molar-refractivity contribution in [2.24, 2.45) is 0 Å². The Labute approximate surface area is 237 Å². The number of ether oxygens (including phenoxy) is 3. The molecule has 2 aromatic rings. The van der Waals surface area contributed by atoms with Gasteiger partial charge in [0.25, 0.3) is 11.7 Å². The van der Waals surface area contributed by atoms with E-state index < -0.39 is 17.7 Å². The molecule has 8 heteroatoms. The average molecular weight is 551 g/mol. The first-order valence-electron chi connectivity index (χ1n) is 14.5. The highest BCUT2D eigenvalue weighted by atomic mass is 16.5. The van der Waals surface area contributed by atoms with E-state index in [1.54, 1.807) is 11.0 Å². The molecule has 1 saturated heterocycles. The van der Waals surface area contributed by atoms with Crippen LogP contribution in [0.2, 0.25) is 0 Å². The summed E-state index contributed by atoms with van der Waals surface area (Å²) in [4.78, 5) is 30.8. The summed E-state index contributed by atoms with van der Waals surface area (Å²) in [7, 11) is 0. The lowest BCUT2D eigenvalue weighted by atomic mass is 9.94. The third-order valence-corrected chi connectivity index (χ3v) is 7.52. The molecule has 0 aliphatic carbocycles. The zero-order valence-electron chi connectivity index (χ0n) is 24.4. The molecule has 0 saturated carbocycles. The Morgan fingerprint density at radius 3 is 2.52 bits per heavy atom. The van der Waals surface area contributed by atoms with Gasteiger partial charge in [-0.15, -0.1) is 0 Å². The second kappa shape index (κ2) is 13.2. The van der Waals surface area contributed by atoms with Crippen LogP contribution in [0.15, 0.2) is 42.0 Å². The minimum atomic E-state index is -0.750. The van der Waals surface area contributed by atoms with E-state index in [-0.39, 0.29) is 17.4 Å². The fourth-order valence-corrected chi connectivity index (χ4v) is 5.48. The van der Waals surface area contributed by atoms with Crippen LogP contribution >= 0.6 is 0 Å². The lowest BCUT2D eigenvalue weighted by Crippen LogP contribution is -2.33. The van der Waals surface area contributed by atoms with E-state index in [1.807, 2.05) is 51.1 Å². The highest BCUT2D eigenvalue weighted by Gasteiger charge is 2.46. The molecule has 0 aromatic heterocycles. The SMILES string of the molecule is CCCOc1ccc([C@@H]2/C(=C(\O)c3ccc4c(c3)C[C@H](C)O4)C(=O)C(=O)N2CCCN(CC)CC)cc1OCC. The largest absolute Gasteiger partial charge is 0.507 e. The van der Waals surface area contributed by atoms with E-state index in [4.69, 9.17) is 14.2 Å². The van der Waals surface area contributed by atoms with Crippen LogP contribution in [0.5, 0.6) is 17.2 Å². The molecular formula is C32H42N2O6. The van der Waals surface area contributed by atoms with Gasteiger partial charge in [0.05, 0.1) is 24.8 Å². The van der Waals surface area contributed by atoms with E-state index in [1.165, 1.54) is 0 Å². The van der Waals surface area contributed by atoms with Crippen LogP contribution in [0.4, 0.5) is 0 Å². The van der Waals surface area contributed by atoms with Gasteiger partial charge in [0.2, 0.25) is 0 Å². The van der Waals surface area contributed by atoms with Crippen LogP contribution in [-0.2, 0) is 16.0 Å². The van der Waals surface area contributed by atoms with Gasteiger partial charge in [-0.25, -0.2) is 0 Å². The summed E-state index contributed by atoms with van der Waals surface area (Å²) in [5.74, 6) is 0.473. The minimum Gasteiger partial charge on any atom is -0.507 e. The molecule has 40 heavy (non-hydrogen) atoms. The first kappa shape index (κ1) is 29.5. The molecule has 216 valence electrons. The van der Waals surface area contributed by atoms with E-state index in [0.29, 0.717) is 48.8 Å². The number of aliphatic hydroxyl groups excluding tert-OH is 1.